The van der Waals surface area contributed by atoms with Crippen LogP contribution in [0.3, 0.4) is 0 Å². The van der Waals surface area contributed by atoms with Crippen molar-refractivity contribution in [3.05, 3.63) is 65.1 Å². The Kier molecular flexibility index (Phi) is 4.98. The van der Waals surface area contributed by atoms with E-state index in [1.54, 1.807) is 4.57 Å². The molecule has 0 saturated carbocycles. The van der Waals surface area contributed by atoms with Crippen molar-refractivity contribution >= 4 is 46.0 Å². The summed E-state index contributed by atoms with van der Waals surface area (Å²) in [5.74, 6) is -1.54. The van der Waals surface area contributed by atoms with Gasteiger partial charge in [-0.2, -0.15) is 4.98 Å². The van der Waals surface area contributed by atoms with Gasteiger partial charge in [0.25, 0.3) is 0 Å². The van der Waals surface area contributed by atoms with E-state index in [1.165, 1.54) is 30.5 Å². The van der Waals surface area contributed by atoms with Crippen LogP contribution < -0.4 is 10.6 Å². The zero-order chi connectivity index (χ0) is 20.5. The molecule has 0 bridgehead atoms. The van der Waals surface area contributed by atoms with Crippen LogP contribution in [0.15, 0.2) is 42.6 Å². The molecule has 0 aliphatic rings. The van der Waals surface area contributed by atoms with E-state index in [9.17, 15) is 13.2 Å². The van der Waals surface area contributed by atoms with E-state index < -0.39 is 17.5 Å². The van der Waals surface area contributed by atoms with Gasteiger partial charge in [0.1, 0.15) is 28.7 Å². The number of benzene rings is 2. The minimum atomic E-state index is -0.758. The fourth-order valence-electron chi connectivity index (χ4n) is 2.81. The van der Waals surface area contributed by atoms with Crippen molar-refractivity contribution < 1.29 is 13.2 Å². The Morgan fingerprint density at radius 2 is 1.79 bits per heavy atom. The molecule has 0 aliphatic heterocycles. The normalized spacial score (nSPS) is 11.1. The van der Waals surface area contributed by atoms with Gasteiger partial charge in [0.15, 0.2) is 5.65 Å². The van der Waals surface area contributed by atoms with Crippen LogP contribution in [-0.2, 0) is 6.54 Å². The minimum absolute atomic E-state index is 0.0162. The average molecular weight is 419 g/mol. The molecule has 0 unspecified atom stereocenters. The summed E-state index contributed by atoms with van der Waals surface area (Å²) in [7, 11) is 0. The molecule has 6 nitrogen and oxygen atoms in total. The van der Waals surface area contributed by atoms with E-state index in [4.69, 9.17) is 11.6 Å². The highest BCUT2D eigenvalue weighted by molar-refractivity contribution is 6.33. The molecule has 148 valence electrons. The van der Waals surface area contributed by atoms with Crippen molar-refractivity contribution in [1.29, 1.82) is 0 Å². The maximum atomic E-state index is 13.9. The molecule has 0 amide bonds. The Balaban J connectivity index is 1.71. The number of imidazole rings is 1. The second-order valence-corrected chi connectivity index (χ2v) is 6.46. The van der Waals surface area contributed by atoms with E-state index in [0.717, 1.165) is 12.1 Å². The highest BCUT2D eigenvalue weighted by Gasteiger charge is 2.16. The van der Waals surface area contributed by atoms with Crippen LogP contribution in [0.1, 0.15) is 6.92 Å². The number of anilines is 4. The number of fused-ring (bicyclic) bond motifs is 1. The molecular weight excluding hydrogens is 405 g/mol. The number of rotatable bonds is 5. The van der Waals surface area contributed by atoms with Crippen LogP contribution in [0.2, 0.25) is 5.02 Å². The fourth-order valence-corrected chi connectivity index (χ4v) is 3.03. The average Bonchev–Trinajstić information content (AvgIpc) is 3.03. The van der Waals surface area contributed by atoms with Crippen LogP contribution in [0.25, 0.3) is 11.2 Å². The largest absolute Gasteiger partial charge is 0.324 e. The predicted molar refractivity (Wildman–Crippen MR) is 105 cm³/mol. The van der Waals surface area contributed by atoms with Gasteiger partial charge in [0, 0.05) is 6.54 Å². The number of para-hydroxylation sites is 1. The lowest BCUT2D eigenvalue weighted by Gasteiger charge is -2.10. The van der Waals surface area contributed by atoms with Gasteiger partial charge in [-0.05, 0) is 37.3 Å². The van der Waals surface area contributed by atoms with Gasteiger partial charge < -0.3 is 10.6 Å². The van der Waals surface area contributed by atoms with Crippen molar-refractivity contribution in [2.45, 2.75) is 13.5 Å². The lowest BCUT2D eigenvalue weighted by molar-refractivity contribution is 0.590. The molecule has 0 atom stereocenters. The monoisotopic (exact) mass is 418 g/mol. The van der Waals surface area contributed by atoms with E-state index in [2.05, 4.69) is 25.6 Å². The van der Waals surface area contributed by atoms with Gasteiger partial charge in [-0.15, -0.1) is 0 Å². The van der Waals surface area contributed by atoms with Gasteiger partial charge >= 0.3 is 0 Å². The molecule has 2 aromatic heterocycles. The van der Waals surface area contributed by atoms with Crippen molar-refractivity contribution in [3.8, 4) is 0 Å². The highest BCUT2D eigenvalue weighted by atomic mass is 35.5. The third kappa shape index (κ3) is 3.68. The molecule has 0 aliphatic carbocycles. The molecule has 10 heteroatoms. The molecule has 2 N–H and O–H groups in total. The SMILES string of the molecule is CCn1c(Nc2ccc(F)cc2Cl)nc2cnc(Nc3c(F)cccc3F)nc21. The fraction of sp³-hybridized carbons (Fsp3) is 0.105. The summed E-state index contributed by atoms with van der Waals surface area (Å²) in [6.45, 7) is 2.37. The van der Waals surface area contributed by atoms with Crippen molar-refractivity contribution in [1.82, 2.24) is 19.5 Å². The van der Waals surface area contributed by atoms with Crippen molar-refractivity contribution in [3.63, 3.8) is 0 Å². The lowest BCUT2D eigenvalue weighted by Crippen LogP contribution is -2.05. The maximum Gasteiger partial charge on any atom is 0.229 e. The Morgan fingerprint density at radius 1 is 1.03 bits per heavy atom. The van der Waals surface area contributed by atoms with Crippen LogP contribution >= 0.6 is 11.6 Å². The molecule has 2 heterocycles. The first-order valence-corrected chi connectivity index (χ1v) is 9.00. The van der Waals surface area contributed by atoms with Crippen LogP contribution in [0.4, 0.5) is 36.4 Å². The predicted octanol–water partition coefficient (Wildman–Crippen LogP) is 5.40. The smallest absolute Gasteiger partial charge is 0.229 e. The molecule has 0 saturated heterocycles. The van der Waals surface area contributed by atoms with Crippen LogP contribution in [0, 0.1) is 17.5 Å². The number of aryl methyl sites for hydroxylation is 1. The van der Waals surface area contributed by atoms with Crippen LogP contribution in [-0.4, -0.2) is 19.5 Å². The number of hydrogen-bond acceptors (Lipinski definition) is 5. The Bertz CT molecular complexity index is 1190. The third-order valence-electron chi connectivity index (χ3n) is 4.18. The van der Waals surface area contributed by atoms with E-state index in [0.29, 0.717) is 29.3 Å². The van der Waals surface area contributed by atoms with Gasteiger partial charge in [0.05, 0.1) is 16.9 Å². The summed E-state index contributed by atoms with van der Waals surface area (Å²) >= 11 is 6.07. The third-order valence-corrected chi connectivity index (χ3v) is 4.49. The molecule has 0 fully saturated rings. The summed E-state index contributed by atoms with van der Waals surface area (Å²) < 4.78 is 42.8. The van der Waals surface area contributed by atoms with Gasteiger partial charge in [-0.25, -0.2) is 23.1 Å². The summed E-state index contributed by atoms with van der Waals surface area (Å²) in [5.41, 5.74) is 1.04. The Hall–Kier alpha value is -3.33. The number of nitrogens with one attached hydrogen (secondary N) is 2. The quantitative estimate of drug-likeness (QED) is 0.454. The number of aromatic nitrogens is 4. The minimum Gasteiger partial charge on any atom is -0.324 e. The highest BCUT2D eigenvalue weighted by Crippen LogP contribution is 2.28. The van der Waals surface area contributed by atoms with Crippen molar-refractivity contribution in [2.75, 3.05) is 10.6 Å². The summed E-state index contributed by atoms with van der Waals surface area (Å²) in [5, 5.41) is 5.80. The number of halogens is 4. The molecule has 4 aromatic rings. The first kappa shape index (κ1) is 19.0. The second-order valence-electron chi connectivity index (χ2n) is 6.05. The molecular formula is C19H14ClF3N6. The molecule has 0 spiro atoms. The first-order valence-electron chi connectivity index (χ1n) is 8.62. The van der Waals surface area contributed by atoms with Gasteiger partial charge in [-0.3, -0.25) is 4.57 Å². The Labute approximate surface area is 168 Å². The second kappa shape index (κ2) is 7.59. The van der Waals surface area contributed by atoms with Gasteiger partial charge in [-0.1, -0.05) is 17.7 Å². The number of nitrogens with zero attached hydrogens (tertiary/aromatic N) is 4. The van der Waals surface area contributed by atoms with E-state index in [1.807, 2.05) is 6.92 Å². The molecule has 4 rings (SSSR count). The van der Waals surface area contributed by atoms with Crippen molar-refractivity contribution in [2.24, 2.45) is 0 Å². The molecule has 29 heavy (non-hydrogen) atoms. The number of hydrogen-bond donors (Lipinski definition) is 2. The van der Waals surface area contributed by atoms with E-state index >= 15 is 0 Å². The van der Waals surface area contributed by atoms with E-state index in [-0.39, 0.29) is 16.7 Å². The van der Waals surface area contributed by atoms with Crippen LogP contribution in [0.5, 0.6) is 0 Å². The zero-order valence-corrected chi connectivity index (χ0v) is 15.8. The molecule has 2 aromatic carbocycles. The standard InChI is InChI=1S/C19H14ClF3N6/c1-2-29-17-15(26-19(29)25-14-7-6-10(21)8-11(14)20)9-24-18(28-17)27-16-12(22)4-3-5-13(16)23/h3-9H,2H2,1H3,(H,25,26)(H,24,27,28). The Morgan fingerprint density at radius 3 is 2.48 bits per heavy atom. The van der Waals surface area contributed by atoms with Gasteiger partial charge in [0.2, 0.25) is 11.9 Å². The maximum absolute atomic E-state index is 13.9. The topological polar surface area (TPSA) is 67.7 Å². The lowest BCUT2D eigenvalue weighted by atomic mass is 10.3. The first-order chi connectivity index (χ1) is 14.0. The summed E-state index contributed by atoms with van der Waals surface area (Å²) in [6, 6.07) is 7.50. The molecule has 0 radical (unpaired) electrons. The zero-order valence-electron chi connectivity index (χ0n) is 15.0. The summed E-state index contributed by atoms with van der Waals surface area (Å²) in [6.07, 6.45) is 1.44. The summed E-state index contributed by atoms with van der Waals surface area (Å²) in [4.78, 5) is 12.8.